The second-order valence-electron chi connectivity index (χ2n) is 7.33. The van der Waals surface area contributed by atoms with Crippen LogP contribution in [0.25, 0.3) is 0 Å². The van der Waals surface area contributed by atoms with Crippen LogP contribution in [0.5, 0.6) is 0 Å². The van der Waals surface area contributed by atoms with Gasteiger partial charge in [0, 0.05) is 17.2 Å². The molecule has 0 aliphatic rings. The minimum atomic E-state index is -0.565. The average Bonchev–Trinajstić information content (AvgIpc) is 2.68. The summed E-state index contributed by atoms with van der Waals surface area (Å²) in [5.74, 6) is 0.0229. The van der Waals surface area contributed by atoms with Gasteiger partial charge in [0.15, 0.2) is 6.19 Å². The number of nitrogens with zero attached hydrogens (tertiary/aromatic N) is 3. The number of hydrogen-bond acceptors (Lipinski definition) is 4. The number of nitriles is 1. The minimum Gasteiger partial charge on any atom is -0.330 e. The quantitative estimate of drug-likeness (QED) is 0.321. The first kappa shape index (κ1) is 20.9. The monoisotopic (exact) mass is 378 g/mol. The van der Waals surface area contributed by atoms with Crippen LogP contribution in [-0.2, 0) is 6.42 Å². The summed E-state index contributed by atoms with van der Waals surface area (Å²) in [7, 11) is 0. The van der Waals surface area contributed by atoms with E-state index < -0.39 is 6.17 Å². The van der Waals surface area contributed by atoms with Gasteiger partial charge >= 0.3 is 0 Å². The highest BCUT2D eigenvalue weighted by atomic mass is 16.1. The molecular formula is C21H26N6O. The number of aryl methyl sites for hydroxylation is 1. The van der Waals surface area contributed by atoms with Gasteiger partial charge in [0.05, 0.1) is 11.9 Å². The standard InChI is InChI=1S/C21H26N6O/c1-5-15-11-12-23-13-17(15)25-20(24-14-22)27-19(21(2,3)4)26-18(28)16-9-7-6-8-10-16/h6-13,19H,5H2,1-4H3,(H,26,28)(H2,24,25,27). The fourth-order valence-corrected chi connectivity index (χ4v) is 2.49. The molecule has 0 saturated carbocycles. The van der Waals surface area contributed by atoms with Crippen LogP contribution >= 0.6 is 0 Å². The summed E-state index contributed by atoms with van der Waals surface area (Å²) in [5, 5.41) is 17.8. The van der Waals surface area contributed by atoms with Crippen molar-refractivity contribution in [1.82, 2.24) is 15.6 Å². The number of carbonyl (C=O) groups excluding carboxylic acids is 1. The summed E-state index contributed by atoms with van der Waals surface area (Å²) in [4.78, 5) is 21.3. The van der Waals surface area contributed by atoms with Gasteiger partial charge in [-0.2, -0.15) is 5.26 Å². The van der Waals surface area contributed by atoms with Gasteiger partial charge in [0.25, 0.3) is 5.91 Å². The second kappa shape index (κ2) is 9.51. The molecule has 3 N–H and O–H groups in total. The van der Waals surface area contributed by atoms with E-state index >= 15 is 0 Å². The van der Waals surface area contributed by atoms with E-state index in [9.17, 15) is 4.79 Å². The van der Waals surface area contributed by atoms with Crippen molar-refractivity contribution in [2.75, 3.05) is 5.32 Å². The van der Waals surface area contributed by atoms with Crippen LogP contribution in [0.1, 0.15) is 43.6 Å². The number of aromatic nitrogens is 1. The van der Waals surface area contributed by atoms with E-state index in [1.807, 2.05) is 58.2 Å². The van der Waals surface area contributed by atoms with E-state index in [0.29, 0.717) is 5.56 Å². The number of aliphatic imine (C=N–C) groups is 1. The molecule has 28 heavy (non-hydrogen) atoms. The Morgan fingerprint density at radius 3 is 2.57 bits per heavy atom. The molecule has 146 valence electrons. The lowest BCUT2D eigenvalue weighted by molar-refractivity contribution is 0.0906. The molecular weight excluding hydrogens is 352 g/mol. The zero-order valence-electron chi connectivity index (χ0n) is 16.7. The van der Waals surface area contributed by atoms with Crippen molar-refractivity contribution in [3.63, 3.8) is 0 Å². The average molecular weight is 378 g/mol. The molecule has 2 rings (SSSR count). The van der Waals surface area contributed by atoms with Crippen molar-refractivity contribution in [3.05, 3.63) is 59.9 Å². The van der Waals surface area contributed by atoms with Gasteiger partial charge in [-0.1, -0.05) is 45.9 Å². The summed E-state index contributed by atoms with van der Waals surface area (Å²) >= 11 is 0. The third-order valence-electron chi connectivity index (χ3n) is 4.10. The van der Waals surface area contributed by atoms with E-state index in [1.54, 1.807) is 24.5 Å². The molecule has 1 unspecified atom stereocenters. The number of anilines is 1. The van der Waals surface area contributed by atoms with Gasteiger partial charge in [-0.15, -0.1) is 0 Å². The fourth-order valence-electron chi connectivity index (χ4n) is 2.49. The zero-order chi connectivity index (χ0) is 20.6. The lowest BCUT2D eigenvalue weighted by atomic mass is 9.92. The van der Waals surface area contributed by atoms with E-state index in [2.05, 4.69) is 25.9 Å². The van der Waals surface area contributed by atoms with Crippen LogP contribution in [0.4, 0.5) is 5.69 Å². The van der Waals surface area contributed by atoms with Gasteiger partial charge < -0.3 is 10.6 Å². The van der Waals surface area contributed by atoms with Gasteiger partial charge in [-0.3, -0.25) is 15.1 Å². The number of pyridine rings is 1. The molecule has 1 amide bonds. The van der Waals surface area contributed by atoms with Crippen LogP contribution in [0.3, 0.4) is 0 Å². The van der Waals surface area contributed by atoms with Gasteiger partial charge in [-0.05, 0) is 30.2 Å². The molecule has 0 radical (unpaired) electrons. The molecule has 1 atom stereocenters. The largest absolute Gasteiger partial charge is 0.330 e. The first-order valence-electron chi connectivity index (χ1n) is 9.14. The van der Waals surface area contributed by atoms with E-state index in [1.165, 1.54) is 0 Å². The minimum absolute atomic E-state index is 0.226. The normalized spacial score (nSPS) is 12.6. The molecule has 0 saturated heterocycles. The zero-order valence-corrected chi connectivity index (χ0v) is 16.7. The highest BCUT2D eigenvalue weighted by Gasteiger charge is 2.27. The predicted octanol–water partition coefficient (Wildman–Crippen LogP) is 3.28. The Morgan fingerprint density at radius 2 is 1.96 bits per heavy atom. The number of guanidine groups is 1. The Bertz CT molecular complexity index is 864. The number of rotatable bonds is 5. The Labute approximate surface area is 165 Å². The maximum Gasteiger partial charge on any atom is 0.252 e. The third kappa shape index (κ3) is 5.81. The topological polar surface area (TPSA) is 102 Å². The highest BCUT2D eigenvalue weighted by Crippen LogP contribution is 2.21. The van der Waals surface area contributed by atoms with Crippen LogP contribution in [0, 0.1) is 16.9 Å². The maximum atomic E-state index is 12.6. The van der Waals surface area contributed by atoms with Crippen LogP contribution in [-0.4, -0.2) is 23.0 Å². The number of nitrogens with one attached hydrogen (secondary N) is 3. The van der Waals surface area contributed by atoms with Crippen molar-refractivity contribution >= 4 is 17.6 Å². The summed E-state index contributed by atoms with van der Waals surface area (Å²) < 4.78 is 0. The second-order valence-corrected chi connectivity index (χ2v) is 7.33. The summed E-state index contributed by atoms with van der Waals surface area (Å²) in [6.07, 6.45) is 5.53. The molecule has 1 aromatic carbocycles. The molecule has 0 spiro atoms. The van der Waals surface area contributed by atoms with Gasteiger partial charge in [-0.25, -0.2) is 4.99 Å². The first-order chi connectivity index (χ1) is 13.3. The lowest BCUT2D eigenvalue weighted by Gasteiger charge is -2.29. The number of carbonyl (C=O) groups is 1. The van der Waals surface area contributed by atoms with Crippen molar-refractivity contribution in [1.29, 1.82) is 5.26 Å². The number of amides is 1. The molecule has 0 aliphatic carbocycles. The van der Waals surface area contributed by atoms with E-state index in [-0.39, 0.29) is 17.3 Å². The summed E-state index contributed by atoms with van der Waals surface area (Å²) in [6.45, 7) is 7.95. The number of hydrogen-bond donors (Lipinski definition) is 3. The molecule has 1 heterocycles. The Hall–Kier alpha value is -3.40. The van der Waals surface area contributed by atoms with Crippen LogP contribution in [0.2, 0.25) is 0 Å². The highest BCUT2D eigenvalue weighted by molar-refractivity contribution is 5.96. The molecule has 1 aromatic heterocycles. The Morgan fingerprint density at radius 1 is 1.25 bits per heavy atom. The molecule has 0 aliphatic heterocycles. The summed E-state index contributed by atoms with van der Waals surface area (Å²) in [6, 6.07) is 10.9. The Balaban J connectivity index is 2.30. The van der Waals surface area contributed by atoms with Crippen LogP contribution in [0.15, 0.2) is 53.8 Å². The lowest BCUT2D eigenvalue weighted by Crippen LogP contribution is -2.44. The molecule has 2 aromatic rings. The number of benzene rings is 1. The summed E-state index contributed by atoms with van der Waals surface area (Å²) in [5.41, 5.74) is 1.98. The van der Waals surface area contributed by atoms with E-state index in [0.717, 1.165) is 17.7 Å². The van der Waals surface area contributed by atoms with Gasteiger partial charge in [0.2, 0.25) is 5.96 Å². The molecule has 0 bridgehead atoms. The van der Waals surface area contributed by atoms with Crippen molar-refractivity contribution in [2.24, 2.45) is 10.4 Å². The fraction of sp³-hybridized carbons (Fsp3) is 0.333. The SMILES string of the molecule is CCc1ccncc1NC(=NC(NC(=O)c1ccccc1)C(C)(C)C)NC#N. The van der Waals surface area contributed by atoms with Crippen molar-refractivity contribution < 1.29 is 4.79 Å². The van der Waals surface area contributed by atoms with Crippen molar-refractivity contribution in [3.8, 4) is 6.19 Å². The van der Waals surface area contributed by atoms with E-state index in [4.69, 9.17) is 5.26 Å². The molecule has 7 heteroatoms. The smallest absolute Gasteiger partial charge is 0.252 e. The third-order valence-corrected chi connectivity index (χ3v) is 4.10. The predicted molar refractivity (Wildman–Crippen MR) is 111 cm³/mol. The van der Waals surface area contributed by atoms with Gasteiger partial charge in [0.1, 0.15) is 6.17 Å². The van der Waals surface area contributed by atoms with Crippen LogP contribution < -0.4 is 16.0 Å². The Kier molecular flexibility index (Phi) is 7.10. The first-order valence-corrected chi connectivity index (χ1v) is 9.14. The molecule has 0 fully saturated rings. The maximum absolute atomic E-state index is 12.6. The molecule has 7 nitrogen and oxygen atoms in total. The van der Waals surface area contributed by atoms with Crippen molar-refractivity contribution in [2.45, 2.75) is 40.3 Å².